The summed E-state index contributed by atoms with van der Waals surface area (Å²) in [5, 5.41) is 5.90. The first-order chi connectivity index (χ1) is 13.1. The van der Waals surface area contributed by atoms with Crippen LogP contribution < -0.4 is 5.14 Å². The van der Waals surface area contributed by atoms with Gasteiger partial charge in [0.1, 0.15) is 0 Å². The Hall–Kier alpha value is -1.99. The molecule has 0 aliphatic heterocycles. The normalized spacial score (nSPS) is 11.6. The molecule has 1 heterocycles. The zero-order chi connectivity index (χ0) is 20.6. The molecule has 1 aromatic heterocycles. The molecule has 0 fully saturated rings. The van der Waals surface area contributed by atoms with Crippen molar-refractivity contribution in [2.45, 2.75) is 32.1 Å². The number of primary sulfonamides is 1. The lowest BCUT2D eigenvalue weighted by molar-refractivity contribution is 0.0992. The van der Waals surface area contributed by atoms with Crippen molar-refractivity contribution >= 4 is 38.7 Å². The number of halogens is 1. The van der Waals surface area contributed by atoms with Gasteiger partial charge in [0.25, 0.3) is 0 Å². The van der Waals surface area contributed by atoms with Gasteiger partial charge in [-0.05, 0) is 60.4 Å². The SMILES string of the molecule is CCC(=O)c1sc(-c2ccc(Cl)cc2)c(C)c1-c1ccc(S(N)(=O)=O)cc1C. The van der Waals surface area contributed by atoms with Crippen LogP contribution in [0.1, 0.15) is 34.1 Å². The minimum atomic E-state index is -3.78. The van der Waals surface area contributed by atoms with Gasteiger partial charge in [-0.25, -0.2) is 13.6 Å². The summed E-state index contributed by atoms with van der Waals surface area (Å²) < 4.78 is 23.3. The summed E-state index contributed by atoms with van der Waals surface area (Å²) in [6.07, 6.45) is 0.390. The summed E-state index contributed by atoms with van der Waals surface area (Å²) in [4.78, 5) is 14.4. The number of benzene rings is 2. The Bertz CT molecular complexity index is 1160. The smallest absolute Gasteiger partial charge is 0.238 e. The summed E-state index contributed by atoms with van der Waals surface area (Å²) in [5.41, 5.74) is 4.40. The number of carbonyl (C=O) groups is 1. The summed E-state index contributed by atoms with van der Waals surface area (Å²) in [6, 6.07) is 12.3. The Kier molecular flexibility index (Phi) is 5.77. The minimum Gasteiger partial charge on any atom is -0.293 e. The van der Waals surface area contributed by atoms with Gasteiger partial charge in [-0.15, -0.1) is 11.3 Å². The molecule has 146 valence electrons. The number of sulfonamides is 1. The molecule has 7 heteroatoms. The zero-order valence-electron chi connectivity index (χ0n) is 15.7. The molecule has 0 aliphatic carbocycles. The standard InChI is InChI=1S/C21H20ClNO3S2/c1-4-18(24)21-19(17-10-9-16(11-12(17)2)28(23,25)26)13(3)20(27-21)14-5-7-15(22)8-6-14/h5-11H,4H2,1-3H3,(H2,23,25,26). The van der Waals surface area contributed by atoms with Crippen molar-refractivity contribution in [2.24, 2.45) is 5.14 Å². The van der Waals surface area contributed by atoms with Crippen LogP contribution in [0.3, 0.4) is 0 Å². The highest BCUT2D eigenvalue weighted by Gasteiger charge is 2.23. The third kappa shape index (κ3) is 3.91. The largest absolute Gasteiger partial charge is 0.293 e. The maximum atomic E-state index is 12.7. The number of carbonyl (C=O) groups excluding carboxylic acids is 1. The number of ketones is 1. The fraction of sp³-hybridized carbons (Fsp3) is 0.190. The molecule has 0 unspecified atom stereocenters. The minimum absolute atomic E-state index is 0.0539. The summed E-state index contributed by atoms with van der Waals surface area (Å²) in [6.45, 7) is 5.64. The van der Waals surface area contributed by atoms with Crippen molar-refractivity contribution in [3.05, 3.63) is 63.5 Å². The Labute approximate surface area is 174 Å². The fourth-order valence-corrected chi connectivity index (χ4v) is 5.23. The van der Waals surface area contributed by atoms with E-state index in [0.717, 1.165) is 32.7 Å². The number of thiophene rings is 1. The second-order valence-electron chi connectivity index (χ2n) is 6.57. The van der Waals surface area contributed by atoms with E-state index in [9.17, 15) is 13.2 Å². The molecule has 0 radical (unpaired) electrons. The van der Waals surface area contributed by atoms with Crippen molar-refractivity contribution < 1.29 is 13.2 Å². The van der Waals surface area contributed by atoms with E-state index >= 15 is 0 Å². The summed E-state index contributed by atoms with van der Waals surface area (Å²) >= 11 is 7.46. The molecule has 0 saturated heterocycles. The van der Waals surface area contributed by atoms with Gasteiger partial charge in [-0.3, -0.25) is 4.79 Å². The molecule has 28 heavy (non-hydrogen) atoms. The number of rotatable bonds is 5. The molecule has 2 N–H and O–H groups in total. The van der Waals surface area contributed by atoms with Crippen LogP contribution in [0.5, 0.6) is 0 Å². The molecule has 3 aromatic rings. The van der Waals surface area contributed by atoms with E-state index in [2.05, 4.69) is 0 Å². The number of Topliss-reactive ketones (excluding diaryl/α,β-unsaturated/α-hetero) is 1. The van der Waals surface area contributed by atoms with Gasteiger partial charge in [-0.1, -0.05) is 36.7 Å². The monoisotopic (exact) mass is 433 g/mol. The van der Waals surface area contributed by atoms with Gasteiger partial charge in [-0.2, -0.15) is 0 Å². The highest BCUT2D eigenvalue weighted by atomic mass is 35.5. The highest BCUT2D eigenvalue weighted by Crippen LogP contribution is 2.43. The average Bonchev–Trinajstić information content (AvgIpc) is 2.98. The number of aryl methyl sites for hydroxylation is 1. The maximum absolute atomic E-state index is 12.7. The molecule has 0 amide bonds. The van der Waals surface area contributed by atoms with Crippen LogP contribution >= 0.6 is 22.9 Å². The van der Waals surface area contributed by atoms with Crippen molar-refractivity contribution in [3.8, 4) is 21.6 Å². The molecule has 0 aliphatic rings. The topological polar surface area (TPSA) is 77.2 Å². The summed E-state index contributed by atoms with van der Waals surface area (Å²) in [5.74, 6) is 0.0539. The van der Waals surface area contributed by atoms with E-state index in [1.165, 1.54) is 17.4 Å². The zero-order valence-corrected chi connectivity index (χ0v) is 18.1. The molecular weight excluding hydrogens is 414 g/mol. The van der Waals surface area contributed by atoms with Crippen molar-refractivity contribution in [3.63, 3.8) is 0 Å². The quantitative estimate of drug-likeness (QED) is 0.532. The number of hydrogen-bond donors (Lipinski definition) is 1. The first-order valence-corrected chi connectivity index (χ1v) is 11.4. The second kappa shape index (κ2) is 7.79. The Morgan fingerprint density at radius 3 is 2.29 bits per heavy atom. The average molecular weight is 434 g/mol. The van der Waals surface area contributed by atoms with Crippen molar-refractivity contribution in [1.29, 1.82) is 0 Å². The van der Waals surface area contributed by atoms with Gasteiger partial charge in [0.15, 0.2) is 5.78 Å². The Balaban J connectivity index is 2.25. The molecule has 2 aromatic carbocycles. The third-order valence-corrected chi connectivity index (χ3v) is 7.17. The van der Waals surface area contributed by atoms with Crippen LogP contribution in [-0.2, 0) is 10.0 Å². The molecule has 0 saturated carbocycles. The van der Waals surface area contributed by atoms with Gasteiger partial charge >= 0.3 is 0 Å². The molecule has 0 bridgehead atoms. The Morgan fingerprint density at radius 1 is 1.11 bits per heavy atom. The molecule has 4 nitrogen and oxygen atoms in total. The van der Waals surface area contributed by atoms with Crippen LogP contribution in [-0.4, -0.2) is 14.2 Å². The van der Waals surface area contributed by atoms with Crippen LogP contribution in [0.2, 0.25) is 5.02 Å². The first kappa shape index (κ1) is 20.7. The molecular formula is C21H20ClNO3S2. The second-order valence-corrected chi connectivity index (χ2v) is 9.58. The molecule has 0 atom stereocenters. The number of nitrogens with two attached hydrogens (primary N) is 1. The van der Waals surface area contributed by atoms with Gasteiger partial charge < -0.3 is 0 Å². The van der Waals surface area contributed by atoms with E-state index in [-0.39, 0.29) is 10.7 Å². The summed E-state index contributed by atoms with van der Waals surface area (Å²) in [7, 11) is -3.78. The van der Waals surface area contributed by atoms with E-state index in [1.807, 2.05) is 45.0 Å². The van der Waals surface area contributed by atoms with E-state index in [1.54, 1.807) is 12.1 Å². The van der Waals surface area contributed by atoms with Crippen LogP contribution in [0.25, 0.3) is 21.6 Å². The molecule has 3 rings (SSSR count). The predicted octanol–water partition coefficient (Wildman–Crippen LogP) is 5.59. The lowest BCUT2D eigenvalue weighted by Crippen LogP contribution is -2.12. The molecule has 0 spiro atoms. The van der Waals surface area contributed by atoms with Crippen molar-refractivity contribution in [1.82, 2.24) is 0 Å². The van der Waals surface area contributed by atoms with E-state index < -0.39 is 10.0 Å². The fourth-order valence-electron chi connectivity index (χ4n) is 3.17. The Morgan fingerprint density at radius 2 is 1.75 bits per heavy atom. The highest BCUT2D eigenvalue weighted by molar-refractivity contribution is 7.89. The van der Waals surface area contributed by atoms with Gasteiger partial charge in [0.2, 0.25) is 10.0 Å². The van der Waals surface area contributed by atoms with Crippen LogP contribution in [0.4, 0.5) is 0 Å². The van der Waals surface area contributed by atoms with E-state index in [4.69, 9.17) is 16.7 Å². The van der Waals surface area contributed by atoms with Gasteiger partial charge in [0.05, 0.1) is 9.77 Å². The van der Waals surface area contributed by atoms with E-state index in [0.29, 0.717) is 16.3 Å². The first-order valence-electron chi connectivity index (χ1n) is 8.69. The van der Waals surface area contributed by atoms with Crippen LogP contribution in [0, 0.1) is 13.8 Å². The van der Waals surface area contributed by atoms with Gasteiger partial charge in [0, 0.05) is 21.9 Å². The lowest BCUT2D eigenvalue weighted by atomic mass is 9.94. The van der Waals surface area contributed by atoms with Crippen LogP contribution in [0.15, 0.2) is 47.4 Å². The third-order valence-electron chi connectivity index (χ3n) is 4.62. The predicted molar refractivity (Wildman–Crippen MR) is 116 cm³/mol. The lowest BCUT2D eigenvalue weighted by Gasteiger charge is -2.10. The maximum Gasteiger partial charge on any atom is 0.238 e. The number of hydrogen-bond acceptors (Lipinski definition) is 4. The van der Waals surface area contributed by atoms with Crippen molar-refractivity contribution in [2.75, 3.05) is 0 Å².